The average Bonchev–Trinajstić information content (AvgIpc) is 2.48. The van der Waals surface area contributed by atoms with Crippen molar-refractivity contribution in [3.63, 3.8) is 0 Å². The van der Waals surface area contributed by atoms with Gasteiger partial charge in [-0.25, -0.2) is 0 Å². The van der Waals surface area contributed by atoms with Crippen LogP contribution in [-0.2, 0) is 15.7 Å². The first kappa shape index (κ1) is 14.3. The van der Waals surface area contributed by atoms with Crippen molar-refractivity contribution in [1.29, 1.82) is 0 Å². The van der Waals surface area contributed by atoms with Crippen LogP contribution in [0.25, 0.3) is 0 Å². The molecule has 0 bridgehead atoms. The maximum Gasteiger partial charge on any atom is 0.498 e. The van der Waals surface area contributed by atoms with Crippen LogP contribution in [0.2, 0.25) is 0 Å². The van der Waals surface area contributed by atoms with Gasteiger partial charge < -0.3 is 20.8 Å². The van der Waals surface area contributed by atoms with Gasteiger partial charge in [0.1, 0.15) is 0 Å². The predicted octanol–water partition coefficient (Wildman–Crippen LogP) is 0.464. The quantitative estimate of drug-likeness (QED) is 0.774. The summed E-state index contributed by atoms with van der Waals surface area (Å²) in [6.45, 7) is 8.61. The smallest absolute Gasteiger partial charge is 0.399 e. The molecule has 1 aliphatic rings. The zero-order chi connectivity index (χ0) is 14.3. The first-order valence-electron chi connectivity index (χ1n) is 6.57. The SMILES string of the molecule is CC1(C)OB(c2cnc(CCN)cc2N)OC1(C)C. The highest BCUT2D eigenvalue weighted by atomic mass is 16.7. The van der Waals surface area contributed by atoms with Gasteiger partial charge in [0.05, 0.1) is 11.2 Å². The van der Waals surface area contributed by atoms with E-state index >= 15 is 0 Å². The molecule has 6 heteroatoms. The lowest BCUT2D eigenvalue weighted by Crippen LogP contribution is -2.41. The molecule has 2 rings (SSSR count). The van der Waals surface area contributed by atoms with Crippen molar-refractivity contribution >= 4 is 18.3 Å². The van der Waals surface area contributed by atoms with Gasteiger partial charge in [-0.3, -0.25) is 4.98 Å². The first-order valence-corrected chi connectivity index (χ1v) is 6.57. The van der Waals surface area contributed by atoms with E-state index in [0.29, 0.717) is 18.7 Å². The monoisotopic (exact) mass is 263 g/mol. The molecule has 1 saturated heterocycles. The maximum atomic E-state index is 6.07. The Kier molecular flexibility index (Phi) is 3.60. The summed E-state index contributed by atoms with van der Waals surface area (Å²) < 4.78 is 11.9. The van der Waals surface area contributed by atoms with E-state index in [1.165, 1.54) is 0 Å². The molecule has 4 N–H and O–H groups in total. The Balaban J connectivity index is 2.25. The van der Waals surface area contributed by atoms with Gasteiger partial charge in [0.15, 0.2) is 0 Å². The Morgan fingerprint density at radius 2 is 1.79 bits per heavy atom. The molecule has 0 aromatic carbocycles. The van der Waals surface area contributed by atoms with Gasteiger partial charge >= 0.3 is 7.12 Å². The average molecular weight is 263 g/mol. The number of hydrogen-bond acceptors (Lipinski definition) is 5. The number of hydrogen-bond donors (Lipinski definition) is 2. The number of anilines is 1. The fourth-order valence-corrected chi connectivity index (χ4v) is 1.98. The van der Waals surface area contributed by atoms with E-state index < -0.39 is 7.12 Å². The summed E-state index contributed by atoms with van der Waals surface area (Å²) in [7, 11) is -0.468. The molecule has 2 heterocycles. The van der Waals surface area contributed by atoms with E-state index in [-0.39, 0.29) is 11.2 Å². The van der Waals surface area contributed by atoms with Crippen LogP contribution < -0.4 is 16.9 Å². The van der Waals surface area contributed by atoms with E-state index in [0.717, 1.165) is 11.2 Å². The number of rotatable bonds is 3. The normalized spacial score (nSPS) is 20.8. The van der Waals surface area contributed by atoms with Gasteiger partial charge in [-0.15, -0.1) is 0 Å². The molecule has 5 nitrogen and oxygen atoms in total. The Labute approximate surface area is 114 Å². The fourth-order valence-electron chi connectivity index (χ4n) is 1.98. The number of nitrogens with two attached hydrogens (primary N) is 2. The van der Waals surface area contributed by atoms with Crippen LogP contribution in [0.3, 0.4) is 0 Å². The van der Waals surface area contributed by atoms with Gasteiger partial charge in [-0.2, -0.15) is 0 Å². The highest BCUT2D eigenvalue weighted by Crippen LogP contribution is 2.36. The van der Waals surface area contributed by atoms with Crippen LogP contribution in [0.4, 0.5) is 5.69 Å². The summed E-state index contributed by atoms with van der Waals surface area (Å²) >= 11 is 0. The molecule has 1 fully saturated rings. The molecule has 0 unspecified atom stereocenters. The lowest BCUT2D eigenvalue weighted by Gasteiger charge is -2.32. The van der Waals surface area contributed by atoms with Crippen molar-refractivity contribution in [3.8, 4) is 0 Å². The summed E-state index contributed by atoms with van der Waals surface area (Å²) in [6.07, 6.45) is 2.44. The Morgan fingerprint density at radius 1 is 1.21 bits per heavy atom. The third kappa shape index (κ3) is 2.61. The van der Waals surface area contributed by atoms with Crippen molar-refractivity contribution in [2.45, 2.75) is 45.3 Å². The lowest BCUT2D eigenvalue weighted by atomic mass is 9.79. The highest BCUT2D eigenvalue weighted by Gasteiger charge is 2.52. The molecule has 0 aliphatic carbocycles. The third-order valence-electron chi connectivity index (χ3n) is 3.93. The molecular formula is C13H22BN3O2. The van der Waals surface area contributed by atoms with Crippen LogP contribution in [0.15, 0.2) is 12.3 Å². The van der Waals surface area contributed by atoms with Gasteiger partial charge in [0, 0.05) is 29.5 Å². The van der Waals surface area contributed by atoms with E-state index in [2.05, 4.69) is 4.98 Å². The van der Waals surface area contributed by atoms with Crippen molar-refractivity contribution in [3.05, 3.63) is 18.0 Å². The van der Waals surface area contributed by atoms with Crippen molar-refractivity contribution in [2.75, 3.05) is 12.3 Å². The minimum Gasteiger partial charge on any atom is -0.399 e. The minimum atomic E-state index is -0.468. The molecule has 0 saturated carbocycles. The summed E-state index contributed by atoms with van der Waals surface area (Å²) in [6, 6.07) is 1.84. The number of nitrogen functional groups attached to an aromatic ring is 1. The molecule has 1 aromatic heterocycles. The minimum absolute atomic E-state index is 0.375. The molecule has 19 heavy (non-hydrogen) atoms. The second-order valence-corrected chi connectivity index (χ2v) is 5.93. The topological polar surface area (TPSA) is 83.4 Å². The number of nitrogens with zero attached hydrogens (tertiary/aromatic N) is 1. The van der Waals surface area contributed by atoms with Gasteiger partial charge in [-0.05, 0) is 40.3 Å². The first-order chi connectivity index (χ1) is 8.77. The Morgan fingerprint density at radius 3 is 2.26 bits per heavy atom. The maximum absolute atomic E-state index is 6.07. The third-order valence-corrected chi connectivity index (χ3v) is 3.93. The van der Waals surface area contributed by atoms with Crippen LogP contribution in [0.1, 0.15) is 33.4 Å². The second-order valence-electron chi connectivity index (χ2n) is 5.93. The summed E-state index contributed by atoms with van der Waals surface area (Å²) in [4.78, 5) is 4.35. The van der Waals surface area contributed by atoms with Gasteiger partial charge in [0.2, 0.25) is 0 Å². The molecule has 0 spiro atoms. The predicted molar refractivity (Wildman–Crippen MR) is 77.1 cm³/mol. The summed E-state index contributed by atoms with van der Waals surface area (Å²) in [5.41, 5.74) is 13.1. The summed E-state index contributed by atoms with van der Waals surface area (Å²) in [5, 5.41) is 0. The molecule has 1 aliphatic heterocycles. The van der Waals surface area contributed by atoms with Crippen molar-refractivity contribution < 1.29 is 9.31 Å². The van der Waals surface area contributed by atoms with E-state index in [9.17, 15) is 0 Å². The van der Waals surface area contributed by atoms with Crippen LogP contribution in [-0.4, -0.2) is 29.8 Å². The van der Waals surface area contributed by atoms with E-state index in [1.807, 2.05) is 33.8 Å². The lowest BCUT2D eigenvalue weighted by molar-refractivity contribution is 0.00578. The standard InChI is InChI=1S/C13H22BN3O2/c1-12(2)13(3,4)19-14(18-12)10-8-17-9(5-6-15)7-11(10)16/h7-8H,5-6,15H2,1-4H3,(H2,16,17). The summed E-state index contributed by atoms with van der Waals surface area (Å²) in [5.74, 6) is 0. The van der Waals surface area contributed by atoms with Crippen molar-refractivity contribution in [2.24, 2.45) is 5.73 Å². The zero-order valence-electron chi connectivity index (χ0n) is 12.1. The van der Waals surface area contributed by atoms with Crippen LogP contribution in [0.5, 0.6) is 0 Å². The fraction of sp³-hybridized carbons (Fsp3) is 0.615. The molecular weight excluding hydrogens is 241 g/mol. The van der Waals surface area contributed by atoms with E-state index in [1.54, 1.807) is 6.20 Å². The molecule has 0 amide bonds. The van der Waals surface area contributed by atoms with Gasteiger partial charge in [-0.1, -0.05) is 0 Å². The van der Waals surface area contributed by atoms with Crippen LogP contribution >= 0.6 is 0 Å². The highest BCUT2D eigenvalue weighted by molar-refractivity contribution is 6.63. The Hall–Kier alpha value is -1.11. The van der Waals surface area contributed by atoms with Crippen molar-refractivity contribution in [1.82, 2.24) is 4.98 Å². The molecule has 0 atom stereocenters. The second kappa shape index (κ2) is 4.78. The number of aromatic nitrogens is 1. The number of pyridine rings is 1. The zero-order valence-corrected chi connectivity index (χ0v) is 12.1. The molecule has 1 aromatic rings. The van der Waals surface area contributed by atoms with Gasteiger partial charge in [0.25, 0.3) is 0 Å². The van der Waals surface area contributed by atoms with Crippen LogP contribution in [0, 0.1) is 0 Å². The largest absolute Gasteiger partial charge is 0.498 e. The molecule has 0 radical (unpaired) electrons. The molecule has 104 valence electrons. The Bertz CT molecular complexity index is 461. The van der Waals surface area contributed by atoms with E-state index in [4.69, 9.17) is 20.8 Å².